The fourth-order valence-electron chi connectivity index (χ4n) is 2.68. The zero-order valence-electron chi connectivity index (χ0n) is 14.6. The third-order valence-electron chi connectivity index (χ3n) is 4.41. The van der Waals surface area contributed by atoms with E-state index in [0.29, 0.717) is 18.0 Å². The Hall–Kier alpha value is -0.530. The highest BCUT2D eigenvalue weighted by Crippen LogP contribution is 2.16. The molecule has 2 atom stereocenters. The molecule has 0 aliphatic carbocycles. The first-order valence-corrected chi connectivity index (χ1v) is 8.89. The van der Waals surface area contributed by atoms with E-state index in [-0.39, 0.29) is 0 Å². The van der Waals surface area contributed by atoms with Crippen LogP contribution in [0.25, 0.3) is 0 Å². The standard InChI is InChI=1S/C18H37NO/c1-6-9-10-11-12-13-14-15-18(20)19(16(4)7-2)17(5)8-3/h16-17H,6-15H2,1-5H3. The van der Waals surface area contributed by atoms with E-state index in [1.54, 1.807) is 0 Å². The molecule has 0 heterocycles. The summed E-state index contributed by atoms with van der Waals surface area (Å²) >= 11 is 0. The van der Waals surface area contributed by atoms with Gasteiger partial charge in [0.2, 0.25) is 5.91 Å². The van der Waals surface area contributed by atoms with Crippen LogP contribution in [-0.4, -0.2) is 22.9 Å². The van der Waals surface area contributed by atoms with Crippen LogP contribution in [0.1, 0.15) is 98.8 Å². The van der Waals surface area contributed by atoms with Gasteiger partial charge in [-0.05, 0) is 33.1 Å². The number of carbonyl (C=O) groups excluding carboxylic acids is 1. The van der Waals surface area contributed by atoms with Crippen molar-refractivity contribution >= 4 is 5.91 Å². The summed E-state index contributed by atoms with van der Waals surface area (Å²) in [4.78, 5) is 14.5. The van der Waals surface area contributed by atoms with Crippen molar-refractivity contribution in [3.63, 3.8) is 0 Å². The Morgan fingerprint density at radius 3 is 1.70 bits per heavy atom. The van der Waals surface area contributed by atoms with E-state index in [1.165, 1.54) is 38.5 Å². The van der Waals surface area contributed by atoms with Crippen molar-refractivity contribution in [1.82, 2.24) is 4.90 Å². The summed E-state index contributed by atoms with van der Waals surface area (Å²) in [6, 6.07) is 0.754. The normalized spacial score (nSPS) is 14.1. The minimum Gasteiger partial charge on any atom is -0.337 e. The molecular formula is C18H37NO. The zero-order chi connectivity index (χ0) is 15.4. The number of amides is 1. The quantitative estimate of drug-likeness (QED) is 0.430. The topological polar surface area (TPSA) is 20.3 Å². The molecule has 20 heavy (non-hydrogen) atoms. The molecule has 2 heteroatoms. The Balaban J connectivity index is 3.96. The predicted octanol–water partition coefficient (Wildman–Crippen LogP) is 5.55. The highest BCUT2D eigenvalue weighted by atomic mass is 16.2. The fourth-order valence-corrected chi connectivity index (χ4v) is 2.68. The Labute approximate surface area is 127 Å². The van der Waals surface area contributed by atoms with Gasteiger partial charge >= 0.3 is 0 Å². The van der Waals surface area contributed by atoms with E-state index >= 15 is 0 Å². The number of hydrogen-bond acceptors (Lipinski definition) is 1. The Bertz CT molecular complexity index is 230. The first kappa shape index (κ1) is 19.5. The minimum absolute atomic E-state index is 0.363. The van der Waals surface area contributed by atoms with Gasteiger partial charge in [-0.3, -0.25) is 4.79 Å². The average molecular weight is 284 g/mol. The Kier molecular flexibility index (Phi) is 11.9. The van der Waals surface area contributed by atoms with E-state index in [2.05, 4.69) is 39.5 Å². The van der Waals surface area contributed by atoms with Gasteiger partial charge in [0, 0.05) is 18.5 Å². The summed E-state index contributed by atoms with van der Waals surface area (Å²) in [5, 5.41) is 0. The monoisotopic (exact) mass is 283 g/mol. The van der Waals surface area contributed by atoms with E-state index in [9.17, 15) is 4.79 Å². The number of nitrogens with zero attached hydrogens (tertiary/aromatic N) is 1. The lowest BCUT2D eigenvalue weighted by Crippen LogP contribution is -2.44. The van der Waals surface area contributed by atoms with Crippen molar-refractivity contribution in [2.24, 2.45) is 0 Å². The third-order valence-corrected chi connectivity index (χ3v) is 4.41. The molecule has 1 amide bonds. The molecule has 0 aromatic heterocycles. The maximum absolute atomic E-state index is 12.4. The van der Waals surface area contributed by atoms with Crippen molar-refractivity contribution in [3.05, 3.63) is 0 Å². The molecule has 0 aliphatic heterocycles. The molecule has 0 saturated heterocycles. The van der Waals surface area contributed by atoms with Crippen LogP contribution in [0, 0.1) is 0 Å². The third kappa shape index (κ3) is 7.91. The van der Waals surface area contributed by atoms with Crippen molar-refractivity contribution in [2.75, 3.05) is 0 Å². The molecular weight excluding hydrogens is 246 g/mol. The molecule has 0 rings (SSSR count). The maximum Gasteiger partial charge on any atom is 0.223 e. The van der Waals surface area contributed by atoms with Crippen molar-refractivity contribution in [1.29, 1.82) is 0 Å². The summed E-state index contributed by atoms with van der Waals surface area (Å²) in [6.07, 6.45) is 11.8. The van der Waals surface area contributed by atoms with Gasteiger partial charge < -0.3 is 4.90 Å². The first-order chi connectivity index (χ1) is 9.58. The molecule has 2 unspecified atom stereocenters. The summed E-state index contributed by atoms with van der Waals surface area (Å²) in [5.74, 6) is 0.363. The largest absolute Gasteiger partial charge is 0.337 e. The lowest BCUT2D eigenvalue weighted by molar-refractivity contribution is -0.135. The lowest BCUT2D eigenvalue weighted by Gasteiger charge is -2.34. The molecule has 0 radical (unpaired) electrons. The van der Waals surface area contributed by atoms with Gasteiger partial charge in [0.15, 0.2) is 0 Å². The van der Waals surface area contributed by atoms with Crippen LogP contribution >= 0.6 is 0 Å². The molecule has 120 valence electrons. The van der Waals surface area contributed by atoms with E-state index in [1.807, 2.05) is 0 Å². The summed E-state index contributed by atoms with van der Waals surface area (Å²) in [7, 11) is 0. The smallest absolute Gasteiger partial charge is 0.223 e. The van der Waals surface area contributed by atoms with Crippen LogP contribution in [0.4, 0.5) is 0 Å². The van der Waals surface area contributed by atoms with Crippen LogP contribution in [0.3, 0.4) is 0 Å². The molecule has 0 aromatic carbocycles. The number of carbonyl (C=O) groups is 1. The first-order valence-electron chi connectivity index (χ1n) is 8.89. The zero-order valence-corrected chi connectivity index (χ0v) is 14.6. The van der Waals surface area contributed by atoms with Gasteiger partial charge in [-0.2, -0.15) is 0 Å². The van der Waals surface area contributed by atoms with Crippen molar-refractivity contribution < 1.29 is 4.79 Å². The van der Waals surface area contributed by atoms with Gasteiger partial charge in [-0.15, -0.1) is 0 Å². The SMILES string of the molecule is CCCCCCCCCC(=O)N(C(C)CC)C(C)CC. The fraction of sp³-hybridized carbons (Fsp3) is 0.944. The average Bonchev–Trinajstić information content (AvgIpc) is 2.45. The number of hydrogen-bond donors (Lipinski definition) is 0. The van der Waals surface area contributed by atoms with Gasteiger partial charge in [0.05, 0.1) is 0 Å². The highest BCUT2D eigenvalue weighted by molar-refractivity contribution is 5.76. The van der Waals surface area contributed by atoms with Crippen molar-refractivity contribution in [2.45, 2.75) is 111 Å². The van der Waals surface area contributed by atoms with Crippen LogP contribution in [0.2, 0.25) is 0 Å². The molecule has 0 spiro atoms. The minimum atomic E-state index is 0.363. The summed E-state index contributed by atoms with van der Waals surface area (Å²) < 4.78 is 0. The van der Waals surface area contributed by atoms with Crippen LogP contribution in [0.15, 0.2) is 0 Å². The lowest BCUT2D eigenvalue weighted by atomic mass is 10.1. The van der Waals surface area contributed by atoms with Crippen molar-refractivity contribution in [3.8, 4) is 0 Å². The van der Waals surface area contributed by atoms with Gasteiger partial charge in [0.25, 0.3) is 0 Å². The van der Waals surface area contributed by atoms with Gasteiger partial charge in [-0.25, -0.2) is 0 Å². The van der Waals surface area contributed by atoms with E-state index < -0.39 is 0 Å². The molecule has 0 N–H and O–H groups in total. The van der Waals surface area contributed by atoms with E-state index in [0.717, 1.165) is 25.7 Å². The summed E-state index contributed by atoms with van der Waals surface area (Å²) in [6.45, 7) is 10.9. The molecule has 0 fully saturated rings. The second kappa shape index (κ2) is 12.2. The Morgan fingerprint density at radius 2 is 1.25 bits per heavy atom. The van der Waals surface area contributed by atoms with Gasteiger partial charge in [0.1, 0.15) is 0 Å². The van der Waals surface area contributed by atoms with E-state index in [4.69, 9.17) is 0 Å². The second-order valence-corrected chi connectivity index (χ2v) is 6.19. The van der Waals surface area contributed by atoms with Crippen LogP contribution in [0.5, 0.6) is 0 Å². The number of unbranched alkanes of at least 4 members (excludes halogenated alkanes) is 6. The second-order valence-electron chi connectivity index (χ2n) is 6.19. The molecule has 0 aliphatic rings. The molecule has 2 nitrogen and oxygen atoms in total. The molecule has 0 saturated carbocycles. The highest BCUT2D eigenvalue weighted by Gasteiger charge is 2.22. The Morgan fingerprint density at radius 1 is 0.800 bits per heavy atom. The predicted molar refractivity (Wildman–Crippen MR) is 89.0 cm³/mol. The van der Waals surface area contributed by atoms with Crippen LogP contribution in [-0.2, 0) is 4.79 Å². The van der Waals surface area contributed by atoms with Crippen LogP contribution < -0.4 is 0 Å². The molecule has 0 aromatic rings. The maximum atomic E-state index is 12.4. The summed E-state index contributed by atoms with van der Waals surface area (Å²) in [5.41, 5.74) is 0. The molecule has 0 bridgehead atoms. The number of rotatable bonds is 12. The van der Waals surface area contributed by atoms with Gasteiger partial charge in [-0.1, -0.05) is 59.3 Å².